The summed E-state index contributed by atoms with van der Waals surface area (Å²) in [4.78, 5) is 12.3. The van der Waals surface area contributed by atoms with E-state index in [0.717, 1.165) is 16.8 Å². The van der Waals surface area contributed by atoms with E-state index >= 15 is 0 Å². The predicted octanol–water partition coefficient (Wildman–Crippen LogP) is 4.29. The van der Waals surface area contributed by atoms with Crippen molar-refractivity contribution in [2.24, 2.45) is 0 Å². The topological polar surface area (TPSA) is 38.3 Å². The lowest BCUT2D eigenvalue weighted by atomic mass is 10.1. The number of amides is 1. The molecule has 0 aliphatic carbocycles. The molecule has 0 saturated carbocycles. The van der Waals surface area contributed by atoms with Crippen molar-refractivity contribution in [3.05, 3.63) is 59.2 Å². The van der Waals surface area contributed by atoms with Crippen LogP contribution in [-0.2, 0) is 0 Å². The maximum atomic E-state index is 12.3. The van der Waals surface area contributed by atoms with Crippen LogP contribution in [0.1, 0.15) is 21.5 Å². The lowest BCUT2D eigenvalue weighted by Crippen LogP contribution is -2.13. The van der Waals surface area contributed by atoms with E-state index in [1.165, 1.54) is 0 Å². The second-order valence-corrected chi connectivity index (χ2v) is 4.96. The van der Waals surface area contributed by atoms with Crippen molar-refractivity contribution >= 4 is 27.5 Å². The zero-order chi connectivity index (χ0) is 14.5. The number of carbonyl (C=O) groups is 1. The van der Waals surface area contributed by atoms with Gasteiger partial charge in [-0.1, -0.05) is 24.3 Å². The molecule has 0 spiro atoms. The molecule has 0 aliphatic rings. The molecule has 3 nitrogen and oxygen atoms in total. The zero-order valence-corrected chi connectivity index (χ0v) is 13.0. The first kappa shape index (κ1) is 14.6. The number of aryl methyl sites for hydroxylation is 2. The Balaban J connectivity index is 2.22. The zero-order valence-electron chi connectivity index (χ0n) is 11.4. The van der Waals surface area contributed by atoms with Crippen molar-refractivity contribution in [2.45, 2.75) is 13.8 Å². The molecule has 20 heavy (non-hydrogen) atoms. The van der Waals surface area contributed by atoms with Crippen LogP contribution in [0, 0.1) is 13.8 Å². The summed E-state index contributed by atoms with van der Waals surface area (Å²) in [6.07, 6.45) is 0. The molecule has 0 atom stereocenters. The van der Waals surface area contributed by atoms with Crippen LogP contribution in [0.4, 0.5) is 5.69 Å². The number of halogens is 1. The summed E-state index contributed by atoms with van der Waals surface area (Å²) in [6, 6.07) is 13.0. The Morgan fingerprint density at radius 2 is 1.80 bits per heavy atom. The number of alkyl halides is 1. The van der Waals surface area contributed by atoms with Gasteiger partial charge in [-0.15, -0.1) is 0 Å². The van der Waals surface area contributed by atoms with Crippen molar-refractivity contribution in [3.63, 3.8) is 0 Å². The monoisotopic (exact) mass is 333 g/mol. The minimum absolute atomic E-state index is 0.137. The van der Waals surface area contributed by atoms with Crippen LogP contribution in [0.5, 0.6) is 5.75 Å². The summed E-state index contributed by atoms with van der Waals surface area (Å²) in [5, 5.41) is 2.96. The molecule has 1 N–H and O–H groups in total. The Labute approximate surface area is 127 Å². The number of benzene rings is 2. The molecule has 0 heterocycles. The van der Waals surface area contributed by atoms with Crippen LogP contribution < -0.4 is 10.1 Å². The molecule has 2 aromatic carbocycles. The fraction of sp³-hybridized carbons (Fsp3) is 0.188. The lowest BCUT2D eigenvalue weighted by molar-refractivity contribution is 0.102. The average molecular weight is 334 g/mol. The Morgan fingerprint density at radius 1 is 1.15 bits per heavy atom. The summed E-state index contributed by atoms with van der Waals surface area (Å²) >= 11 is 3.20. The Bertz CT molecular complexity index is 605. The fourth-order valence-electron chi connectivity index (χ4n) is 1.99. The van der Waals surface area contributed by atoms with E-state index in [4.69, 9.17) is 4.74 Å². The van der Waals surface area contributed by atoms with Gasteiger partial charge < -0.3 is 10.1 Å². The smallest absolute Gasteiger partial charge is 0.255 e. The molecular weight excluding hydrogens is 318 g/mol. The van der Waals surface area contributed by atoms with E-state index in [-0.39, 0.29) is 5.91 Å². The number of rotatable bonds is 4. The highest BCUT2D eigenvalue weighted by atomic mass is 79.9. The minimum atomic E-state index is -0.137. The highest BCUT2D eigenvalue weighted by Crippen LogP contribution is 2.21. The van der Waals surface area contributed by atoms with Gasteiger partial charge in [0.05, 0.1) is 0 Å². The first-order chi connectivity index (χ1) is 9.61. The van der Waals surface area contributed by atoms with Gasteiger partial charge in [0.25, 0.3) is 5.91 Å². The van der Waals surface area contributed by atoms with Gasteiger partial charge in [-0.05, 0) is 59.1 Å². The number of hydrogen-bond acceptors (Lipinski definition) is 2. The van der Waals surface area contributed by atoms with Gasteiger partial charge in [-0.25, -0.2) is 0 Å². The second-order valence-electron chi connectivity index (χ2n) is 4.50. The van der Waals surface area contributed by atoms with E-state index in [1.807, 2.05) is 38.1 Å². The van der Waals surface area contributed by atoms with Crippen LogP contribution in [-0.4, -0.2) is 11.4 Å². The lowest BCUT2D eigenvalue weighted by Gasteiger charge is -2.12. The van der Waals surface area contributed by atoms with Gasteiger partial charge in [0, 0.05) is 11.3 Å². The normalized spacial score (nSPS) is 10.2. The summed E-state index contributed by atoms with van der Waals surface area (Å²) in [7, 11) is 0. The maximum absolute atomic E-state index is 12.3. The maximum Gasteiger partial charge on any atom is 0.255 e. The van der Waals surface area contributed by atoms with Crippen LogP contribution in [0.2, 0.25) is 0 Å². The van der Waals surface area contributed by atoms with E-state index in [1.54, 1.807) is 18.2 Å². The molecule has 2 aromatic rings. The molecular formula is C16H16BrNO2. The van der Waals surface area contributed by atoms with Gasteiger partial charge in [0.1, 0.15) is 11.3 Å². The fourth-order valence-corrected chi connectivity index (χ4v) is 2.25. The van der Waals surface area contributed by atoms with Crippen molar-refractivity contribution in [1.29, 1.82) is 0 Å². The van der Waals surface area contributed by atoms with E-state index < -0.39 is 0 Å². The number of nitrogens with one attached hydrogen (secondary N) is 1. The van der Waals surface area contributed by atoms with E-state index in [0.29, 0.717) is 16.8 Å². The summed E-state index contributed by atoms with van der Waals surface area (Å²) in [5.41, 5.74) is 3.93. The molecule has 0 aromatic heterocycles. The van der Waals surface area contributed by atoms with Crippen molar-refractivity contribution in [1.82, 2.24) is 0 Å². The molecule has 0 aliphatic heterocycles. The summed E-state index contributed by atoms with van der Waals surface area (Å²) in [6.45, 7) is 3.96. The predicted molar refractivity (Wildman–Crippen MR) is 84.7 cm³/mol. The second kappa shape index (κ2) is 6.57. The quantitative estimate of drug-likeness (QED) is 0.847. The largest absolute Gasteiger partial charge is 0.482 e. The number of anilines is 1. The van der Waals surface area contributed by atoms with E-state index in [9.17, 15) is 4.79 Å². The van der Waals surface area contributed by atoms with Gasteiger partial charge in [-0.3, -0.25) is 4.79 Å². The number of ether oxygens (including phenoxy) is 1. The standard InChI is InChI=1S/C16H16BrNO2/c1-11-5-3-6-12(2)15(11)18-16(19)13-7-4-8-14(9-13)20-10-17/h3-9H,10H2,1-2H3,(H,18,19). The van der Waals surface area contributed by atoms with Gasteiger partial charge >= 0.3 is 0 Å². The third kappa shape index (κ3) is 3.39. The molecule has 0 fully saturated rings. The van der Waals surface area contributed by atoms with Crippen LogP contribution in [0.3, 0.4) is 0 Å². The van der Waals surface area contributed by atoms with Gasteiger partial charge in [-0.2, -0.15) is 0 Å². The first-order valence-corrected chi connectivity index (χ1v) is 7.40. The number of carbonyl (C=O) groups excluding carboxylic acids is 1. The van der Waals surface area contributed by atoms with Crippen LogP contribution >= 0.6 is 15.9 Å². The molecule has 104 valence electrons. The van der Waals surface area contributed by atoms with Crippen LogP contribution in [0.25, 0.3) is 0 Å². The SMILES string of the molecule is Cc1cccc(C)c1NC(=O)c1cccc(OCBr)c1. The van der Waals surface area contributed by atoms with E-state index in [2.05, 4.69) is 21.2 Å². The average Bonchev–Trinajstić information content (AvgIpc) is 2.43. The van der Waals surface area contributed by atoms with Gasteiger partial charge in [0.2, 0.25) is 0 Å². The highest BCUT2D eigenvalue weighted by Gasteiger charge is 2.10. The molecule has 0 saturated heterocycles. The Hall–Kier alpha value is -1.81. The number of para-hydroxylation sites is 1. The third-order valence-corrected chi connectivity index (χ3v) is 3.27. The summed E-state index contributed by atoms with van der Waals surface area (Å²) < 4.78 is 5.33. The van der Waals surface area contributed by atoms with Crippen molar-refractivity contribution in [3.8, 4) is 5.75 Å². The molecule has 0 unspecified atom stereocenters. The minimum Gasteiger partial charge on any atom is -0.482 e. The van der Waals surface area contributed by atoms with Crippen molar-refractivity contribution < 1.29 is 9.53 Å². The summed E-state index contributed by atoms with van der Waals surface area (Å²) in [5.74, 6) is 0.526. The van der Waals surface area contributed by atoms with Gasteiger partial charge in [0.15, 0.2) is 0 Å². The first-order valence-electron chi connectivity index (χ1n) is 6.28. The molecule has 4 heteroatoms. The van der Waals surface area contributed by atoms with Crippen LogP contribution in [0.15, 0.2) is 42.5 Å². The molecule has 2 rings (SSSR count). The Kier molecular flexibility index (Phi) is 4.79. The number of hydrogen-bond donors (Lipinski definition) is 1. The highest BCUT2D eigenvalue weighted by molar-refractivity contribution is 9.09. The molecule has 1 amide bonds. The third-order valence-electron chi connectivity index (χ3n) is 3.04. The molecule has 0 bridgehead atoms. The van der Waals surface area contributed by atoms with Crippen molar-refractivity contribution in [2.75, 3.05) is 10.8 Å². The Morgan fingerprint density at radius 3 is 2.45 bits per heavy atom. The molecule has 0 radical (unpaired) electrons.